The van der Waals surface area contributed by atoms with E-state index in [1.54, 1.807) is 30.3 Å². The zero-order valence-corrected chi connectivity index (χ0v) is 13.2. The lowest BCUT2D eigenvalue weighted by molar-refractivity contribution is -0.115. The summed E-state index contributed by atoms with van der Waals surface area (Å²) in [7, 11) is -3.68. The van der Waals surface area contributed by atoms with Crippen molar-refractivity contribution in [3.05, 3.63) is 65.6 Å². The van der Waals surface area contributed by atoms with Crippen molar-refractivity contribution in [3.8, 4) is 0 Å². The molecule has 118 valence electrons. The molecule has 23 heavy (non-hydrogen) atoms. The van der Waals surface area contributed by atoms with Gasteiger partial charge in [0.2, 0.25) is 5.91 Å². The molecule has 0 unspecified atom stereocenters. The number of para-hydroxylation sites is 2. The van der Waals surface area contributed by atoms with Crippen LogP contribution >= 0.6 is 0 Å². The summed E-state index contributed by atoms with van der Waals surface area (Å²) < 4.78 is 26.6. The Kier molecular flexibility index (Phi) is 4.16. The molecule has 6 heteroatoms. The van der Waals surface area contributed by atoms with Crippen molar-refractivity contribution in [1.29, 1.82) is 0 Å². The topological polar surface area (TPSA) is 66.5 Å². The van der Waals surface area contributed by atoms with E-state index in [9.17, 15) is 13.2 Å². The maximum Gasteiger partial charge on any atom is 0.257 e. The molecule has 2 aromatic rings. The first-order valence-corrected chi connectivity index (χ1v) is 8.71. The monoisotopic (exact) mass is 328 g/mol. The number of hydrogen-bond donors (Lipinski definition) is 1. The Hall–Kier alpha value is -2.60. The predicted octanol–water partition coefficient (Wildman–Crippen LogP) is 2.84. The molecular weight excluding hydrogens is 312 g/mol. The third-order valence-electron chi connectivity index (χ3n) is 3.53. The summed E-state index contributed by atoms with van der Waals surface area (Å²) in [5, 5.41) is 3.90. The Bertz CT molecular complexity index is 845. The lowest BCUT2D eigenvalue weighted by atomic mass is 10.2. The molecule has 2 aromatic carbocycles. The summed E-state index contributed by atoms with van der Waals surface area (Å²) >= 11 is 0. The fraction of sp³-hybridized carbons (Fsp3) is 0.118. The van der Waals surface area contributed by atoms with Gasteiger partial charge in [0, 0.05) is 13.0 Å². The van der Waals surface area contributed by atoms with Crippen LogP contribution in [0.5, 0.6) is 0 Å². The molecule has 5 nitrogen and oxygen atoms in total. The number of rotatable bonds is 3. The molecule has 3 rings (SSSR count). The number of carbonyl (C=O) groups excluding carboxylic acids is 1. The normalized spacial score (nSPS) is 15.1. The molecule has 1 amide bonds. The highest BCUT2D eigenvalue weighted by Gasteiger charge is 2.26. The Morgan fingerprint density at radius 1 is 1.00 bits per heavy atom. The van der Waals surface area contributed by atoms with Crippen LogP contribution < -0.4 is 9.62 Å². The summed E-state index contributed by atoms with van der Waals surface area (Å²) in [5.74, 6) is -0.192. The highest BCUT2D eigenvalue weighted by atomic mass is 32.2. The minimum atomic E-state index is -3.68. The van der Waals surface area contributed by atoms with Gasteiger partial charge in [0.25, 0.3) is 10.0 Å². The molecular formula is C17H16N2O3S. The second-order valence-corrected chi connectivity index (χ2v) is 6.89. The molecule has 1 heterocycles. The van der Waals surface area contributed by atoms with Crippen LogP contribution in [0.2, 0.25) is 0 Å². The fourth-order valence-corrected chi connectivity index (χ4v) is 3.65. The number of benzene rings is 2. The summed E-state index contributed by atoms with van der Waals surface area (Å²) in [6, 6.07) is 16.1. The van der Waals surface area contributed by atoms with Gasteiger partial charge in [-0.2, -0.15) is 0 Å². The van der Waals surface area contributed by atoms with Crippen molar-refractivity contribution in [2.45, 2.75) is 6.42 Å². The average Bonchev–Trinajstić information content (AvgIpc) is 2.72. The van der Waals surface area contributed by atoms with E-state index in [1.807, 2.05) is 30.3 Å². The van der Waals surface area contributed by atoms with Crippen LogP contribution in [-0.2, 0) is 14.8 Å². The number of nitrogens with one attached hydrogen (secondary N) is 1. The van der Waals surface area contributed by atoms with Crippen molar-refractivity contribution in [2.75, 3.05) is 16.2 Å². The van der Waals surface area contributed by atoms with Crippen LogP contribution in [0.1, 0.15) is 12.0 Å². The number of nitrogens with zero attached hydrogens (tertiary/aromatic N) is 1. The van der Waals surface area contributed by atoms with Gasteiger partial charge in [-0.15, -0.1) is 0 Å². The molecule has 0 bridgehead atoms. The zero-order chi connectivity index (χ0) is 16.3. The van der Waals surface area contributed by atoms with E-state index in [1.165, 1.54) is 9.71 Å². The first-order chi connectivity index (χ1) is 11.1. The van der Waals surface area contributed by atoms with E-state index in [4.69, 9.17) is 0 Å². The van der Waals surface area contributed by atoms with Crippen molar-refractivity contribution >= 4 is 33.4 Å². The molecule has 0 atom stereocenters. The van der Waals surface area contributed by atoms with Crippen molar-refractivity contribution in [3.63, 3.8) is 0 Å². The summed E-state index contributed by atoms with van der Waals surface area (Å²) in [6.45, 7) is 0.115. The molecule has 0 saturated heterocycles. The number of hydrogen-bond acceptors (Lipinski definition) is 3. The maximum absolute atomic E-state index is 12.7. The molecule has 1 N–H and O–H groups in total. The third kappa shape index (κ3) is 3.43. The fourth-order valence-electron chi connectivity index (χ4n) is 2.40. The van der Waals surface area contributed by atoms with Gasteiger partial charge in [-0.05, 0) is 23.8 Å². The van der Waals surface area contributed by atoms with E-state index in [-0.39, 0.29) is 18.9 Å². The molecule has 0 radical (unpaired) electrons. The van der Waals surface area contributed by atoms with Gasteiger partial charge in [0.1, 0.15) is 0 Å². The second-order valence-electron chi connectivity index (χ2n) is 5.15. The highest BCUT2D eigenvalue weighted by Crippen LogP contribution is 2.31. The Morgan fingerprint density at radius 2 is 1.70 bits per heavy atom. The number of carbonyl (C=O) groups is 1. The van der Waals surface area contributed by atoms with Gasteiger partial charge in [-0.25, -0.2) is 8.42 Å². The van der Waals surface area contributed by atoms with Crippen molar-refractivity contribution in [1.82, 2.24) is 0 Å². The standard InChI is InChI=1S/C17H16N2O3S/c20-17-10-12-19(16-9-5-4-8-15(16)18-17)23(21,22)13-11-14-6-2-1-3-7-14/h1-9,11,13H,10,12H2,(H,18,20). The second kappa shape index (κ2) is 6.26. The van der Waals surface area contributed by atoms with E-state index >= 15 is 0 Å². The lowest BCUT2D eigenvalue weighted by Gasteiger charge is -2.21. The van der Waals surface area contributed by atoms with Crippen LogP contribution in [-0.4, -0.2) is 20.9 Å². The molecule has 0 aliphatic carbocycles. The smallest absolute Gasteiger partial charge is 0.257 e. The third-order valence-corrected chi connectivity index (χ3v) is 5.00. The minimum absolute atomic E-state index is 0.115. The molecule has 1 aliphatic rings. The molecule has 0 saturated carbocycles. The lowest BCUT2D eigenvalue weighted by Crippen LogP contribution is -2.30. The molecule has 1 aliphatic heterocycles. The van der Waals surface area contributed by atoms with Gasteiger partial charge >= 0.3 is 0 Å². The summed E-state index contributed by atoms with van der Waals surface area (Å²) in [6.07, 6.45) is 1.67. The van der Waals surface area contributed by atoms with E-state index in [0.29, 0.717) is 11.4 Å². The first-order valence-electron chi connectivity index (χ1n) is 7.21. The highest BCUT2D eigenvalue weighted by molar-refractivity contribution is 7.95. The van der Waals surface area contributed by atoms with Crippen LogP contribution in [0.3, 0.4) is 0 Å². The zero-order valence-electron chi connectivity index (χ0n) is 12.3. The van der Waals surface area contributed by atoms with Crippen LogP contribution in [0.4, 0.5) is 11.4 Å². The number of fused-ring (bicyclic) bond motifs is 1. The van der Waals surface area contributed by atoms with Crippen LogP contribution in [0.25, 0.3) is 6.08 Å². The summed E-state index contributed by atoms with van der Waals surface area (Å²) in [4.78, 5) is 11.7. The molecule has 0 fully saturated rings. The van der Waals surface area contributed by atoms with E-state index in [2.05, 4.69) is 5.32 Å². The van der Waals surface area contributed by atoms with Gasteiger partial charge in [0.15, 0.2) is 0 Å². The van der Waals surface area contributed by atoms with Crippen molar-refractivity contribution in [2.24, 2.45) is 0 Å². The quantitative estimate of drug-likeness (QED) is 0.942. The average molecular weight is 328 g/mol. The van der Waals surface area contributed by atoms with Gasteiger partial charge < -0.3 is 5.32 Å². The minimum Gasteiger partial charge on any atom is -0.324 e. The van der Waals surface area contributed by atoms with Gasteiger partial charge in [-0.3, -0.25) is 9.10 Å². The Balaban J connectivity index is 1.96. The van der Waals surface area contributed by atoms with Crippen LogP contribution in [0, 0.1) is 0 Å². The van der Waals surface area contributed by atoms with Gasteiger partial charge in [0.05, 0.1) is 16.8 Å². The number of anilines is 2. The van der Waals surface area contributed by atoms with Crippen molar-refractivity contribution < 1.29 is 13.2 Å². The molecule has 0 spiro atoms. The number of sulfonamides is 1. The Labute approximate surface area is 135 Å². The summed E-state index contributed by atoms with van der Waals surface area (Å²) in [5.41, 5.74) is 1.79. The first kappa shape index (κ1) is 15.3. The largest absolute Gasteiger partial charge is 0.324 e. The maximum atomic E-state index is 12.7. The van der Waals surface area contributed by atoms with E-state index < -0.39 is 10.0 Å². The molecule has 0 aromatic heterocycles. The van der Waals surface area contributed by atoms with Crippen LogP contribution in [0.15, 0.2) is 60.0 Å². The van der Waals surface area contributed by atoms with Gasteiger partial charge in [-0.1, -0.05) is 42.5 Å². The number of amides is 1. The van der Waals surface area contributed by atoms with E-state index in [0.717, 1.165) is 5.56 Å². The predicted molar refractivity (Wildman–Crippen MR) is 91.4 cm³/mol. The SMILES string of the molecule is O=C1CCN(S(=O)(=O)C=Cc2ccccc2)c2ccccc2N1. The Morgan fingerprint density at radius 3 is 2.48 bits per heavy atom.